The predicted molar refractivity (Wildman–Crippen MR) is 82.3 cm³/mol. The second-order valence-electron chi connectivity index (χ2n) is 5.65. The average Bonchev–Trinajstić information content (AvgIpc) is 3.27. The van der Waals surface area contributed by atoms with Gasteiger partial charge < -0.3 is 19.8 Å². The van der Waals surface area contributed by atoms with Crippen LogP contribution in [0.1, 0.15) is 58.8 Å². The SMILES string of the molecule is CCc1[nH]c(C(=O)O[C@H](C)C(=O)NC2CC2)c(C)c1C(=O)OC. The lowest BCUT2D eigenvalue weighted by Crippen LogP contribution is -2.37. The molecule has 0 aromatic carbocycles. The number of rotatable bonds is 6. The third kappa shape index (κ3) is 3.72. The van der Waals surface area contributed by atoms with Crippen LogP contribution < -0.4 is 5.32 Å². The Morgan fingerprint density at radius 3 is 2.48 bits per heavy atom. The van der Waals surface area contributed by atoms with Gasteiger partial charge in [-0.25, -0.2) is 9.59 Å². The summed E-state index contributed by atoms with van der Waals surface area (Å²) in [4.78, 5) is 38.9. The first-order valence-electron chi connectivity index (χ1n) is 7.70. The van der Waals surface area contributed by atoms with Crippen LogP contribution in [0.15, 0.2) is 0 Å². The Labute approximate surface area is 134 Å². The van der Waals surface area contributed by atoms with Crippen LogP contribution in [0.2, 0.25) is 0 Å². The zero-order valence-corrected chi connectivity index (χ0v) is 13.8. The minimum atomic E-state index is -0.891. The molecule has 23 heavy (non-hydrogen) atoms. The fourth-order valence-corrected chi connectivity index (χ4v) is 2.33. The lowest BCUT2D eigenvalue weighted by atomic mass is 10.1. The van der Waals surface area contributed by atoms with E-state index in [4.69, 9.17) is 9.47 Å². The first-order chi connectivity index (χ1) is 10.9. The number of carbonyl (C=O) groups is 3. The molecule has 0 bridgehead atoms. The molecule has 1 aliphatic carbocycles. The van der Waals surface area contributed by atoms with Gasteiger partial charge in [0.25, 0.3) is 5.91 Å². The molecule has 1 aliphatic rings. The lowest BCUT2D eigenvalue weighted by molar-refractivity contribution is -0.129. The number of nitrogens with one attached hydrogen (secondary N) is 2. The smallest absolute Gasteiger partial charge is 0.355 e. The maximum atomic E-state index is 12.3. The Kier molecular flexibility index (Phi) is 5.08. The number of esters is 2. The van der Waals surface area contributed by atoms with E-state index < -0.39 is 18.0 Å². The van der Waals surface area contributed by atoms with Gasteiger partial charge in [-0.1, -0.05) is 6.92 Å². The molecule has 1 atom stereocenters. The molecule has 1 aromatic heterocycles. The van der Waals surface area contributed by atoms with E-state index in [1.165, 1.54) is 14.0 Å². The van der Waals surface area contributed by atoms with Gasteiger partial charge in [-0.2, -0.15) is 0 Å². The summed E-state index contributed by atoms with van der Waals surface area (Å²) in [6.45, 7) is 5.03. The highest BCUT2D eigenvalue weighted by Crippen LogP contribution is 2.22. The number of H-pyrrole nitrogens is 1. The van der Waals surface area contributed by atoms with Gasteiger partial charge in [0.05, 0.1) is 12.7 Å². The molecule has 2 N–H and O–H groups in total. The molecular formula is C16H22N2O5. The Hall–Kier alpha value is -2.31. The van der Waals surface area contributed by atoms with Crippen molar-refractivity contribution in [1.29, 1.82) is 0 Å². The third-order valence-corrected chi connectivity index (χ3v) is 3.85. The first kappa shape index (κ1) is 17.1. The normalized spacial score (nSPS) is 15.0. The minimum absolute atomic E-state index is 0.174. The number of aromatic amines is 1. The highest BCUT2D eigenvalue weighted by atomic mass is 16.5. The fourth-order valence-electron chi connectivity index (χ4n) is 2.33. The molecule has 0 saturated heterocycles. The van der Waals surface area contributed by atoms with Gasteiger partial charge in [0.15, 0.2) is 6.10 Å². The molecule has 1 fully saturated rings. The average molecular weight is 322 g/mol. The van der Waals surface area contributed by atoms with Crippen LogP contribution in [0, 0.1) is 6.92 Å². The first-order valence-corrected chi connectivity index (χ1v) is 7.70. The molecule has 1 aromatic rings. The highest BCUT2D eigenvalue weighted by molar-refractivity contribution is 5.99. The summed E-state index contributed by atoms with van der Waals surface area (Å²) >= 11 is 0. The number of aryl methyl sites for hydroxylation is 1. The minimum Gasteiger partial charge on any atom is -0.465 e. The van der Waals surface area contributed by atoms with Gasteiger partial charge in [-0.3, -0.25) is 4.79 Å². The van der Waals surface area contributed by atoms with E-state index in [1.54, 1.807) is 6.92 Å². The van der Waals surface area contributed by atoms with Crippen LogP contribution in [0.5, 0.6) is 0 Å². The maximum absolute atomic E-state index is 12.3. The molecule has 0 unspecified atom stereocenters. The number of aromatic nitrogens is 1. The van der Waals surface area contributed by atoms with E-state index in [-0.39, 0.29) is 17.6 Å². The summed E-state index contributed by atoms with van der Waals surface area (Å²) in [5.74, 6) is -1.48. The van der Waals surface area contributed by atoms with Crippen LogP contribution in [0.4, 0.5) is 0 Å². The van der Waals surface area contributed by atoms with E-state index in [0.29, 0.717) is 23.2 Å². The summed E-state index contributed by atoms with van der Waals surface area (Å²) in [6.07, 6.45) is 1.57. The predicted octanol–water partition coefficient (Wildman–Crippen LogP) is 1.50. The van der Waals surface area contributed by atoms with Crippen molar-refractivity contribution in [1.82, 2.24) is 10.3 Å². The van der Waals surface area contributed by atoms with Crippen molar-refractivity contribution in [3.8, 4) is 0 Å². The van der Waals surface area contributed by atoms with Crippen LogP contribution in [-0.4, -0.2) is 42.1 Å². The maximum Gasteiger partial charge on any atom is 0.355 e. The number of amides is 1. The Morgan fingerprint density at radius 1 is 1.30 bits per heavy atom. The van der Waals surface area contributed by atoms with Crippen LogP contribution in [0.25, 0.3) is 0 Å². The second-order valence-corrected chi connectivity index (χ2v) is 5.65. The number of hydrogen-bond donors (Lipinski definition) is 2. The summed E-state index contributed by atoms with van der Waals surface area (Å²) in [5.41, 5.74) is 1.59. The van der Waals surface area contributed by atoms with Crippen molar-refractivity contribution in [2.24, 2.45) is 0 Å². The summed E-state index contributed by atoms with van der Waals surface area (Å²) in [6, 6.07) is 0.202. The van der Waals surface area contributed by atoms with E-state index in [0.717, 1.165) is 12.8 Å². The van der Waals surface area contributed by atoms with Crippen molar-refractivity contribution in [2.75, 3.05) is 7.11 Å². The molecule has 0 radical (unpaired) electrons. The van der Waals surface area contributed by atoms with Gasteiger partial charge in [-0.15, -0.1) is 0 Å². The molecule has 2 rings (SSSR count). The number of methoxy groups -OCH3 is 1. The molecule has 7 heteroatoms. The van der Waals surface area contributed by atoms with Gasteiger partial charge >= 0.3 is 11.9 Å². The van der Waals surface area contributed by atoms with Crippen LogP contribution in [0.3, 0.4) is 0 Å². The molecule has 1 heterocycles. The Morgan fingerprint density at radius 2 is 1.96 bits per heavy atom. The van der Waals surface area contributed by atoms with E-state index in [9.17, 15) is 14.4 Å². The highest BCUT2D eigenvalue weighted by Gasteiger charge is 2.29. The van der Waals surface area contributed by atoms with Crippen molar-refractivity contribution in [3.63, 3.8) is 0 Å². The zero-order valence-electron chi connectivity index (χ0n) is 13.8. The quantitative estimate of drug-likeness (QED) is 0.774. The van der Waals surface area contributed by atoms with Gasteiger partial charge in [0.2, 0.25) is 0 Å². The third-order valence-electron chi connectivity index (χ3n) is 3.85. The molecule has 1 saturated carbocycles. The van der Waals surface area contributed by atoms with Crippen LogP contribution in [-0.2, 0) is 20.7 Å². The Bertz CT molecular complexity index is 631. The van der Waals surface area contributed by atoms with Gasteiger partial charge in [0, 0.05) is 11.7 Å². The Balaban J connectivity index is 2.13. The monoisotopic (exact) mass is 322 g/mol. The summed E-state index contributed by atoms with van der Waals surface area (Å²) in [7, 11) is 1.29. The van der Waals surface area contributed by atoms with E-state index >= 15 is 0 Å². The number of carbonyl (C=O) groups excluding carboxylic acids is 3. The summed E-state index contributed by atoms with van der Waals surface area (Å²) in [5, 5.41) is 2.78. The lowest BCUT2D eigenvalue weighted by Gasteiger charge is -2.13. The van der Waals surface area contributed by atoms with Gasteiger partial charge in [0.1, 0.15) is 5.69 Å². The van der Waals surface area contributed by atoms with Crippen molar-refractivity contribution >= 4 is 17.8 Å². The zero-order chi connectivity index (χ0) is 17.1. The molecule has 1 amide bonds. The fraction of sp³-hybridized carbons (Fsp3) is 0.562. The molecule has 126 valence electrons. The number of ether oxygens (including phenoxy) is 2. The summed E-state index contributed by atoms with van der Waals surface area (Å²) < 4.78 is 9.95. The molecule has 0 spiro atoms. The van der Waals surface area contributed by atoms with Crippen molar-refractivity contribution in [3.05, 3.63) is 22.5 Å². The standard InChI is InChI=1S/C16H22N2O5/c1-5-11-12(15(20)22-4)8(2)13(18-11)16(21)23-9(3)14(19)17-10-6-7-10/h9-10,18H,5-7H2,1-4H3,(H,17,19)/t9-/m1/s1. The van der Waals surface area contributed by atoms with E-state index in [2.05, 4.69) is 10.3 Å². The van der Waals surface area contributed by atoms with Crippen molar-refractivity contribution < 1.29 is 23.9 Å². The van der Waals surface area contributed by atoms with Crippen molar-refractivity contribution in [2.45, 2.75) is 52.2 Å². The number of hydrogen-bond acceptors (Lipinski definition) is 5. The van der Waals surface area contributed by atoms with Gasteiger partial charge in [-0.05, 0) is 38.7 Å². The molecular weight excluding hydrogens is 300 g/mol. The van der Waals surface area contributed by atoms with Crippen LogP contribution >= 0.6 is 0 Å². The largest absolute Gasteiger partial charge is 0.465 e. The molecule has 0 aliphatic heterocycles. The molecule has 7 nitrogen and oxygen atoms in total. The van der Waals surface area contributed by atoms with E-state index in [1.807, 2.05) is 6.92 Å². The second kappa shape index (κ2) is 6.85. The topological polar surface area (TPSA) is 97.5 Å².